The molecule has 0 aromatic heterocycles. The lowest BCUT2D eigenvalue weighted by Gasteiger charge is -2.22. The van der Waals surface area contributed by atoms with Crippen molar-refractivity contribution >= 4 is 0 Å². The van der Waals surface area contributed by atoms with Gasteiger partial charge in [0.05, 0.1) is 20.3 Å². The predicted molar refractivity (Wildman–Crippen MR) is 75.4 cm³/mol. The zero-order valence-corrected chi connectivity index (χ0v) is 11.7. The van der Waals surface area contributed by atoms with E-state index in [9.17, 15) is 0 Å². The summed E-state index contributed by atoms with van der Waals surface area (Å²) in [5.41, 5.74) is 2.13. The van der Waals surface area contributed by atoms with Crippen LogP contribution in [0, 0.1) is 0 Å². The number of ether oxygens (including phenoxy) is 2. The first kappa shape index (κ1) is 14.6. The summed E-state index contributed by atoms with van der Waals surface area (Å²) in [5.74, 6) is 1.68. The van der Waals surface area contributed by atoms with Gasteiger partial charge in [-0.25, -0.2) is 0 Å². The number of hydrogen-bond donors (Lipinski definition) is 1. The van der Waals surface area contributed by atoms with Crippen LogP contribution in [0.25, 0.3) is 0 Å². The van der Waals surface area contributed by atoms with Gasteiger partial charge in [-0.05, 0) is 38.1 Å². The van der Waals surface area contributed by atoms with Gasteiger partial charge in [-0.1, -0.05) is 19.1 Å². The summed E-state index contributed by atoms with van der Waals surface area (Å²) in [5, 5.41) is 3.48. The van der Waals surface area contributed by atoms with Crippen molar-refractivity contribution in [1.29, 1.82) is 0 Å². The van der Waals surface area contributed by atoms with E-state index in [0.29, 0.717) is 0 Å². The molecule has 0 spiro atoms. The van der Waals surface area contributed by atoms with Gasteiger partial charge in [0.25, 0.3) is 0 Å². The Labute approximate surface area is 110 Å². The number of rotatable bonds is 7. The molecule has 1 aromatic carbocycles. The van der Waals surface area contributed by atoms with E-state index in [-0.39, 0.29) is 6.04 Å². The van der Waals surface area contributed by atoms with E-state index in [2.05, 4.69) is 18.8 Å². The van der Waals surface area contributed by atoms with Crippen LogP contribution in [-0.2, 0) is 0 Å². The molecule has 1 rings (SSSR count). The third-order valence-electron chi connectivity index (χ3n) is 2.84. The minimum absolute atomic E-state index is 0.0926. The van der Waals surface area contributed by atoms with Gasteiger partial charge in [-0.15, -0.1) is 0 Å². The minimum Gasteiger partial charge on any atom is -0.497 e. The summed E-state index contributed by atoms with van der Waals surface area (Å²) < 4.78 is 10.7. The van der Waals surface area contributed by atoms with Crippen molar-refractivity contribution < 1.29 is 9.47 Å². The van der Waals surface area contributed by atoms with E-state index in [1.807, 2.05) is 25.1 Å². The fraction of sp³-hybridized carbons (Fsp3) is 0.467. The van der Waals surface area contributed by atoms with Gasteiger partial charge in [0.15, 0.2) is 0 Å². The molecule has 0 amide bonds. The maximum atomic E-state index is 5.42. The van der Waals surface area contributed by atoms with E-state index in [0.717, 1.165) is 35.6 Å². The molecule has 0 radical (unpaired) electrons. The molecule has 0 fully saturated rings. The highest BCUT2D eigenvalue weighted by Gasteiger charge is 2.17. The lowest BCUT2D eigenvalue weighted by Crippen LogP contribution is -2.23. The summed E-state index contributed by atoms with van der Waals surface area (Å²) in [4.78, 5) is 0. The molecule has 1 unspecified atom stereocenters. The van der Waals surface area contributed by atoms with Crippen molar-refractivity contribution in [2.24, 2.45) is 0 Å². The Morgan fingerprint density at radius 1 is 1.33 bits per heavy atom. The second-order valence-corrected chi connectivity index (χ2v) is 4.34. The first-order chi connectivity index (χ1) is 8.63. The van der Waals surface area contributed by atoms with Gasteiger partial charge in [-0.2, -0.15) is 0 Å². The van der Waals surface area contributed by atoms with Gasteiger partial charge in [0.1, 0.15) is 11.5 Å². The van der Waals surface area contributed by atoms with E-state index in [1.54, 1.807) is 14.2 Å². The lowest BCUT2D eigenvalue weighted by molar-refractivity contribution is 0.393. The summed E-state index contributed by atoms with van der Waals surface area (Å²) in [6.45, 7) is 9.16. The number of nitrogens with one attached hydrogen (secondary N) is 1. The fourth-order valence-electron chi connectivity index (χ4n) is 1.90. The van der Waals surface area contributed by atoms with Gasteiger partial charge in [0.2, 0.25) is 0 Å². The van der Waals surface area contributed by atoms with Gasteiger partial charge >= 0.3 is 0 Å². The van der Waals surface area contributed by atoms with Crippen LogP contribution in [-0.4, -0.2) is 20.8 Å². The Bertz CT molecular complexity index is 401. The molecular weight excluding hydrogens is 226 g/mol. The highest BCUT2D eigenvalue weighted by molar-refractivity contribution is 5.44. The molecule has 0 aliphatic rings. The summed E-state index contributed by atoms with van der Waals surface area (Å²) in [6.07, 6.45) is 1.08. The molecule has 0 saturated carbocycles. The monoisotopic (exact) mass is 249 g/mol. The zero-order chi connectivity index (χ0) is 13.5. The summed E-state index contributed by atoms with van der Waals surface area (Å²) >= 11 is 0. The molecule has 1 aromatic rings. The SMILES string of the molecule is C=C(C)C(NCCC)c1cc(OC)ccc1OC. The Balaban J connectivity index is 3.11. The van der Waals surface area contributed by atoms with E-state index < -0.39 is 0 Å². The smallest absolute Gasteiger partial charge is 0.124 e. The largest absolute Gasteiger partial charge is 0.497 e. The molecule has 3 nitrogen and oxygen atoms in total. The highest BCUT2D eigenvalue weighted by atomic mass is 16.5. The van der Waals surface area contributed by atoms with Crippen molar-refractivity contribution in [3.8, 4) is 11.5 Å². The van der Waals surface area contributed by atoms with E-state index in [1.165, 1.54) is 0 Å². The fourth-order valence-corrected chi connectivity index (χ4v) is 1.90. The predicted octanol–water partition coefficient (Wildman–Crippen LogP) is 3.32. The summed E-state index contributed by atoms with van der Waals surface area (Å²) in [6, 6.07) is 5.92. The number of hydrogen-bond acceptors (Lipinski definition) is 3. The van der Waals surface area contributed by atoms with Crippen LogP contribution in [0.5, 0.6) is 11.5 Å². The van der Waals surface area contributed by atoms with Crippen molar-refractivity contribution in [2.45, 2.75) is 26.3 Å². The van der Waals surface area contributed by atoms with Crippen LogP contribution in [0.15, 0.2) is 30.4 Å². The normalized spacial score (nSPS) is 12.0. The maximum absolute atomic E-state index is 5.42. The maximum Gasteiger partial charge on any atom is 0.124 e. The lowest BCUT2D eigenvalue weighted by atomic mass is 9.99. The average molecular weight is 249 g/mol. The van der Waals surface area contributed by atoms with Crippen LogP contribution < -0.4 is 14.8 Å². The highest BCUT2D eigenvalue weighted by Crippen LogP contribution is 2.32. The molecule has 0 saturated heterocycles. The molecule has 0 heterocycles. The minimum atomic E-state index is 0.0926. The van der Waals surface area contributed by atoms with Crippen molar-refractivity contribution in [1.82, 2.24) is 5.32 Å². The Morgan fingerprint density at radius 2 is 2.06 bits per heavy atom. The molecule has 0 bridgehead atoms. The van der Waals surface area contributed by atoms with Crippen LogP contribution in [0.2, 0.25) is 0 Å². The van der Waals surface area contributed by atoms with Crippen LogP contribution in [0.4, 0.5) is 0 Å². The van der Waals surface area contributed by atoms with Gasteiger partial charge < -0.3 is 14.8 Å². The molecule has 0 aliphatic heterocycles. The third kappa shape index (κ3) is 3.50. The Morgan fingerprint density at radius 3 is 2.56 bits per heavy atom. The second-order valence-electron chi connectivity index (χ2n) is 4.34. The zero-order valence-electron chi connectivity index (χ0n) is 11.7. The van der Waals surface area contributed by atoms with E-state index >= 15 is 0 Å². The number of methoxy groups -OCH3 is 2. The van der Waals surface area contributed by atoms with Gasteiger partial charge in [0, 0.05) is 5.56 Å². The van der Waals surface area contributed by atoms with Crippen molar-refractivity contribution in [2.75, 3.05) is 20.8 Å². The van der Waals surface area contributed by atoms with Crippen LogP contribution >= 0.6 is 0 Å². The molecular formula is C15H23NO2. The summed E-state index contributed by atoms with van der Waals surface area (Å²) in [7, 11) is 3.35. The first-order valence-corrected chi connectivity index (χ1v) is 6.24. The van der Waals surface area contributed by atoms with Crippen LogP contribution in [0.3, 0.4) is 0 Å². The first-order valence-electron chi connectivity index (χ1n) is 6.24. The second kappa shape index (κ2) is 7.07. The molecule has 0 aliphatic carbocycles. The topological polar surface area (TPSA) is 30.5 Å². The van der Waals surface area contributed by atoms with Crippen molar-refractivity contribution in [3.63, 3.8) is 0 Å². The van der Waals surface area contributed by atoms with Crippen LogP contribution in [0.1, 0.15) is 31.9 Å². The number of benzene rings is 1. The molecule has 3 heteroatoms. The van der Waals surface area contributed by atoms with Crippen molar-refractivity contribution in [3.05, 3.63) is 35.9 Å². The molecule has 100 valence electrons. The quantitative estimate of drug-likeness (QED) is 0.752. The van der Waals surface area contributed by atoms with Gasteiger partial charge in [-0.3, -0.25) is 0 Å². The Hall–Kier alpha value is -1.48. The van der Waals surface area contributed by atoms with E-state index in [4.69, 9.17) is 9.47 Å². The third-order valence-corrected chi connectivity index (χ3v) is 2.84. The molecule has 18 heavy (non-hydrogen) atoms. The molecule has 1 N–H and O–H groups in total. The molecule has 1 atom stereocenters. The standard InChI is InChI=1S/C15H23NO2/c1-6-9-16-15(11(2)3)13-10-12(17-4)7-8-14(13)18-5/h7-8,10,15-16H,2,6,9H2,1,3-5H3. The average Bonchev–Trinajstić information content (AvgIpc) is 2.38. The Kier molecular flexibility index (Phi) is 5.72.